The van der Waals surface area contributed by atoms with Crippen molar-refractivity contribution in [3.8, 4) is 0 Å². The van der Waals surface area contributed by atoms with Crippen molar-refractivity contribution in [3.05, 3.63) is 0 Å². The summed E-state index contributed by atoms with van der Waals surface area (Å²) in [5, 5.41) is 0. The molecule has 0 aromatic carbocycles. The maximum absolute atomic E-state index is 9.75. The summed E-state index contributed by atoms with van der Waals surface area (Å²) in [5.41, 5.74) is 0. The fourth-order valence-electron chi connectivity index (χ4n) is 8.18. The second-order valence-electron chi connectivity index (χ2n) is 13.0. The summed E-state index contributed by atoms with van der Waals surface area (Å²) in [6.07, 6.45) is 28.8. The van der Waals surface area contributed by atoms with Gasteiger partial charge < -0.3 is 17.3 Å². The number of rotatable bonds is 4. The topological polar surface area (TPSA) is 13.0 Å². The van der Waals surface area contributed by atoms with E-state index >= 15 is 0 Å². The molecule has 0 N–H and O–H groups in total. The minimum Gasteiger partial charge on any atom is -0.418 e. The Morgan fingerprint density at radius 1 is 0.400 bits per heavy atom. The third-order valence-corrected chi connectivity index (χ3v) is 11.7. The Bertz CT molecular complexity index is 736. The molecule has 0 aromatic heterocycles. The molecule has 6 fully saturated rings. The van der Waals surface area contributed by atoms with Crippen LogP contribution in [-0.2, 0) is 14.1 Å². The fourth-order valence-corrected chi connectivity index (χ4v) is 10.0. The summed E-state index contributed by atoms with van der Waals surface area (Å²) in [6.45, 7) is 5.12. The molecule has 2 aliphatic heterocycles. The zero-order valence-corrected chi connectivity index (χ0v) is 25.4. The van der Waals surface area contributed by atoms with Gasteiger partial charge in [-0.3, -0.25) is 0 Å². The van der Waals surface area contributed by atoms with Crippen molar-refractivity contribution in [2.24, 2.45) is 0 Å². The fraction of sp³-hybridized carbons (Fsp3) is 0.933. The van der Waals surface area contributed by atoms with Gasteiger partial charge in [0.05, 0.1) is 0 Å². The van der Waals surface area contributed by atoms with Crippen LogP contribution in [0.15, 0.2) is 0 Å². The Balaban J connectivity index is 0.000000595. The first-order chi connectivity index (χ1) is 19.4. The standard InChI is InChI=1S/2C15H26N2.BF4.Cu/c2*1-3-7-14(8-4-1)16-11-12-17(13-16)15-9-5-2-6-10-15;2-1(3,4)5;/h2*14-15H,1-12H2;;/q;;-1;. The molecule has 4 saturated carbocycles. The molecular formula is C30H52BCuF4N4-. The molecule has 6 aliphatic rings. The Labute approximate surface area is 245 Å². The molecule has 235 valence electrons. The van der Waals surface area contributed by atoms with Crippen molar-refractivity contribution in [3.63, 3.8) is 0 Å². The van der Waals surface area contributed by atoms with Crippen LogP contribution < -0.4 is 0 Å². The summed E-state index contributed by atoms with van der Waals surface area (Å²) in [7, 11) is -6.00. The van der Waals surface area contributed by atoms with Gasteiger partial charge in [0.1, 0.15) is 0 Å². The van der Waals surface area contributed by atoms with E-state index in [0.29, 0.717) is 0 Å². The molecule has 0 radical (unpaired) electrons. The van der Waals surface area contributed by atoms with Crippen LogP contribution in [0.2, 0.25) is 0 Å². The number of nitrogens with zero attached hydrogens (tertiary/aromatic N) is 4. The summed E-state index contributed by atoms with van der Waals surface area (Å²) in [6, 6.07) is 3.19. The molecule has 40 heavy (non-hydrogen) atoms. The van der Waals surface area contributed by atoms with Crippen molar-refractivity contribution < 1.29 is 31.3 Å². The normalized spacial score (nSPS) is 28.9. The van der Waals surface area contributed by atoms with E-state index in [-0.39, 0.29) is 0 Å². The largest absolute Gasteiger partial charge is 0.673 e. The first kappa shape index (κ1) is 31.3. The van der Waals surface area contributed by atoms with Gasteiger partial charge in [-0.15, -0.1) is 0 Å². The van der Waals surface area contributed by atoms with Crippen LogP contribution in [0.25, 0.3) is 0 Å². The smallest absolute Gasteiger partial charge is 0.418 e. The summed E-state index contributed by atoms with van der Waals surface area (Å²) < 4.78 is 42.3. The number of hydrogen-bond acceptors (Lipinski definition) is 4. The van der Waals surface area contributed by atoms with Crippen LogP contribution in [0.4, 0.5) is 17.3 Å². The quantitative estimate of drug-likeness (QED) is 0.246. The van der Waals surface area contributed by atoms with E-state index in [4.69, 9.17) is 0 Å². The molecule has 0 spiro atoms. The molecule has 0 unspecified atom stereocenters. The van der Waals surface area contributed by atoms with Crippen molar-refractivity contribution in [2.45, 2.75) is 153 Å². The van der Waals surface area contributed by atoms with E-state index in [1.165, 1.54) is 155 Å². The van der Waals surface area contributed by atoms with Crippen molar-refractivity contribution >= 4 is 16.6 Å². The predicted molar refractivity (Wildman–Crippen MR) is 155 cm³/mol. The van der Waals surface area contributed by atoms with Gasteiger partial charge in [0.25, 0.3) is 0 Å². The monoisotopic (exact) mass is 618 g/mol. The average molecular weight is 619 g/mol. The Kier molecular flexibility index (Phi) is 11.8. The molecule has 4 aliphatic carbocycles. The van der Waals surface area contributed by atoms with E-state index in [9.17, 15) is 17.3 Å². The van der Waals surface area contributed by atoms with Gasteiger partial charge in [-0.2, -0.15) is 0 Å². The molecule has 2 saturated heterocycles. The van der Waals surface area contributed by atoms with E-state index in [0.717, 1.165) is 24.2 Å². The summed E-state index contributed by atoms with van der Waals surface area (Å²) in [5.74, 6) is 0. The van der Waals surface area contributed by atoms with Crippen LogP contribution in [0.3, 0.4) is 0 Å². The predicted octanol–water partition coefficient (Wildman–Crippen LogP) is 7.11. The maximum Gasteiger partial charge on any atom is 0.673 e. The van der Waals surface area contributed by atoms with E-state index in [1.54, 1.807) is 9.33 Å². The van der Waals surface area contributed by atoms with Gasteiger partial charge in [-0.05, 0) is 0 Å². The molecule has 0 atom stereocenters. The minimum absolute atomic E-state index is 0.797. The summed E-state index contributed by atoms with van der Waals surface area (Å²) in [4.78, 5) is 11.7. The molecule has 2 heterocycles. The van der Waals surface area contributed by atoms with Gasteiger partial charge in [-0.1, -0.05) is 0 Å². The molecular weight excluding hydrogens is 567 g/mol. The van der Waals surface area contributed by atoms with Crippen LogP contribution in [0, 0.1) is 0 Å². The molecule has 0 aromatic rings. The third-order valence-electron chi connectivity index (χ3n) is 10.2. The van der Waals surface area contributed by atoms with Crippen molar-refractivity contribution in [1.82, 2.24) is 19.6 Å². The van der Waals surface area contributed by atoms with Crippen LogP contribution in [-0.4, -0.2) is 86.5 Å². The zero-order chi connectivity index (χ0) is 28.0. The van der Waals surface area contributed by atoms with E-state index < -0.39 is 7.25 Å². The molecule has 6 rings (SSSR count). The van der Waals surface area contributed by atoms with Crippen LogP contribution in [0.5, 0.6) is 0 Å². The van der Waals surface area contributed by atoms with Gasteiger partial charge in [0, 0.05) is 0 Å². The van der Waals surface area contributed by atoms with E-state index in [1.807, 2.05) is 0 Å². The van der Waals surface area contributed by atoms with E-state index in [2.05, 4.69) is 33.7 Å². The average Bonchev–Trinajstić information content (AvgIpc) is 3.59. The molecule has 4 nitrogen and oxygen atoms in total. The van der Waals surface area contributed by atoms with Gasteiger partial charge in [0.2, 0.25) is 0 Å². The maximum atomic E-state index is 9.75. The Morgan fingerprint density at radius 2 is 0.600 bits per heavy atom. The Hall–Kier alpha value is -0.116. The second kappa shape index (κ2) is 15.1. The number of hydrogen-bond donors (Lipinski definition) is 0. The molecule has 10 heteroatoms. The molecule has 0 bridgehead atoms. The van der Waals surface area contributed by atoms with Crippen molar-refractivity contribution in [1.29, 1.82) is 0 Å². The number of halogens is 4. The van der Waals surface area contributed by atoms with Crippen molar-refractivity contribution in [2.75, 3.05) is 26.2 Å². The zero-order valence-electron chi connectivity index (χ0n) is 24.5. The van der Waals surface area contributed by atoms with Crippen LogP contribution >= 0.6 is 0 Å². The van der Waals surface area contributed by atoms with Gasteiger partial charge >= 0.3 is 229 Å². The first-order valence-corrected chi connectivity index (χ1v) is 17.6. The van der Waals surface area contributed by atoms with Gasteiger partial charge in [0.15, 0.2) is 0 Å². The second-order valence-corrected chi connectivity index (χ2v) is 14.1. The van der Waals surface area contributed by atoms with Crippen LogP contribution in [0.1, 0.15) is 128 Å². The SMILES string of the molecule is C1CCC(N2CCN(C3CCCCC3)[C]2=[Cu]=[C]2N(C3CCCCC3)CCN2C2CCCCC2)CC1.F[B-](F)(F)F. The first-order valence-electron chi connectivity index (χ1n) is 16.6. The minimum atomic E-state index is -6.00. The summed E-state index contributed by atoms with van der Waals surface area (Å²) >= 11 is 2.39. The van der Waals surface area contributed by atoms with Gasteiger partial charge in [-0.25, -0.2) is 0 Å². The third kappa shape index (κ3) is 8.50. The molecule has 0 amide bonds. The Morgan fingerprint density at radius 3 is 0.800 bits per heavy atom.